The molecule has 0 aliphatic carbocycles. The first-order valence-electron chi connectivity index (χ1n) is 9.28. The van der Waals surface area contributed by atoms with Crippen LogP contribution in [0.25, 0.3) is 22.4 Å². The van der Waals surface area contributed by atoms with E-state index in [1.165, 1.54) is 0 Å². The number of hydrogen-bond donors (Lipinski definition) is 3. The number of aromatic amines is 1. The maximum atomic E-state index is 4.76. The van der Waals surface area contributed by atoms with E-state index in [1.807, 2.05) is 54.6 Å². The van der Waals surface area contributed by atoms with E-state index in [9.17, 15) is 0 Å². The SMILES string of the molecule is c1cc(Nc2ccc(-c3nc4cc(Nc5ccncc5)ccc4[nH]3)cc2)ccn1. The molecule has 0 unspecified atom stereocenters. The molecule has 0 aliphatic heterocycles. The van der Waals surface area contributed by atoms with Crippen molar-refractivity contribution in [2.45, 2.75) is 0 Å². The summed E-state index contributed by atoms with van der Waals surface area (Å²) in [4.78, 5) is 16.2. The summed E-state index contributed by atoms with van der Waals surface area (Å²) in [7, 11) is 0. The number of nitrogens with one attached hydrogen (secondary N) is 3. The number of fused-ring (bicyclic) bond motifs is 1. The van der Waals surface area contributed by atoms with Gasteiger partial charge in [-0.15, -0.1) is 0 Å². The summed E-state index contributed by atoms with van der Waals surface area (Å²) in [5.41, 5.74) is 6.94. The van der Waals surface area contributed by atoms with Crippen LogP contribution in [0.2, 0.25) is 0 Å². The van der Waals surface area contributed by atoms with Crippen molar-refractivity contribution < 1.29 is 0 Å². The molecule has 0 atom stereocenters. The number of H-pyrrole nitrogens is 1. The lowest BCUT2D eigenvalue weighted by molar-refractivity contribution is 1.32. The molecule has 0 spiro atoms. The zero-order chi connectivity index (χ0) is 19.5. The minimum Gasteiger partial charge on any atom is -0.355 e. The molecule has 3 N–H and O–H groups in total. The minimum absolute atomic E-state index is 0.844. The van der Waals surface area contributed by atoms with Gasteiger partial charge < -0.3 is 15.6 Å². The van der Waals surface area contributed by atoms with Crippen LogP contribution < -0.4 is 10.6 Å². The van der Waals surface area contributed by atoms with Crippen molar-refractivity contribution >= 4 is 33.8 Å². The fraction of sp³-hybridized carbons (Fsp3) is 0. The third kappa shape index (κ3) is 3.77. The maximum absolute atomic E-state index is 4.76. The van der Waals surface area contributed by atoms with Crippen molar-refractivity contribution in [2.75, 3.05) is 10.6 Å². The van der Waals surface area contributed by atoms with Crippen molar-refractivity contribution in [1.82, 2.24) is 19.9 Å². The molecular weight excluding hydrogens is 360 g/mol. The average Bonchev–Trinajstić information content (AvgIpc) is 3.19. The molecule has 3 heterocycles. The van der Waals surface area contributed by atoms with E-state index in [0.29, 0.717) is 0 Å². The molecular formula is C23H18N6. The Hall–Kier alpha value is -4.19. The normalized spacial score (nSPS) is 10.8. The van der Waals surface area contributed by atoms with E-state index >= 15 is 0 Å². The Labute approximate surface area is 167 Å². The summed E-state index contributed by atoms with van der Waals surface area (Å²) < 4.78 is 0. The Morgan fingerprint density at radius 1 is 0.586 bits per heavy atom. The number of aromatic nitrogens is 4. The van der Waals surface area contributed by atoms with Crippen molar-refractivity contribution in [1.29, 1.82) is 0 Å². The van der Waals surface area contributed by atoms with Crippen LogP contribution in [-0.2, 0) is 0 Å². The second kappa shape index (κ2) is 7.44. The summed E-state index contributed by atoms with van der Waals surface area (Å²) in [6.45, 7) is 0. The largest absolute Gasteiger partial charge is 0.355 e. The molecule has 0 fully saturated rings. The average molecular weight is 378 g/mol. The molecule has 6 heteroatoms. The maximum Gasteiger partial charge on any atom is 0.138 e. The van der Waals surface area contributed by atoms with E-state index in [2.05, 4.69) is 37.7 Å². The van der Waals surface area contributed by atoms with Crippen LogP contribution in [0.1, 0.15) is 0 Å². The first-order chi connectivity index (χ1) is 14.3. The molecule has 5 aromatic rings. The lowest BCUT2D eigenvalue weighted by Gasteiger charge is -2.06. The van der Waals surface area contributed by atoms with E-state index in [1.54, 1.807) is 24.8 Å². The molecule has 0 radical (unpaired) electrons. The number of pyridine rings is 2. The van der Waals surface area contributed by atoms with Gasteiger partial charge in [0.25, 0.3) is 0 Å². The molecule has 140 valence electrons. The number of hydrogen-bond acceptors (Lipinski definition) is 5. The van der Waals surface area contributed by atoms with E-state index in [4.69, 9.17) is 4.98 Å². The van der Waals surface area contributed by atoms with Crippen molar-refractivity contribution in [3.8, 4) is 11.4 Å². The Bertz CT molecular complexity index is 1230. The Balaban J connectivity index is 1.37. The van der Waals surface area contributed by atoms with Gasteiger partial charge in [0.1, 0.15) is 5.82 Å². The van der Waals surface area contributed by atoms with Crippen LogP contribution in [0.15, 0.2) is 91.5 Å². The van der Waals surface area contributed by atoms with Gasteiger partial charge in [0.2, 0.25) is 0 Å². The molecule has 0 saturated heterocycles. The van der Waals surface area contributed by atoms with Gasteiger partial charge in [0, 0.05) is 53.1 Å². The Kier molecular flexibility index (Phi) is 4.35. The van der Waals surface area contributed by atoms with Gasteiger partial charge in [-0.3, -0.25) is 9.97 Å². The van der Waals surface area contributed by atoms with Crippen LogP contribution >= 0.6 is 0 Å². The topological polar surface area (TPSA) is 78.5 Å². The lowest BCUT2D eigenvalue weighted by atomic mass is 10.2. The summed E-state index contributed by atoms with van der Waals surface area (Å²) >= 11 is 0. The van der Waals surface area contributed by atoms with E-state index < -0.39 is 0 Å². The quantitative estimate of drug-likeness (QED) is 0.376. The number of anilines is 4. The van der Waals surface area contributed by atoms with Crippen LogP contribution in [-0.4, -0.2) is 19.9 Å². The molecule has 5 rings (SSSR count). The van der Waals surface area contributed by atoms with E-state index in [-0.39, 0.29) is 0 Å². The molecule has 2 aromatic carbocycles. The monoisotopic (exact) mass is 378 g/mol. The second-order valence-corrected chi connectivity index (χ2v) is 6.62. The Morgan fingerprint density at radius 3 is 1.79 bits per heavy atom. The van der Waals surface area contributed by atoms with Gasteiger partial charge in [-0.2, -0.15) is 0 Å². The minimum atomic E-state index is 0.844. The van der Waals surface area contributed by atoms with E-state index in [0.717, 1.165) is 45.2 Å². The highest BCUT2D eigenvalue weighted by Crippen LogP contribution is 2.26. The first-order valence-corrected chi connectivity index (χ1v) is 9.28. The number of nitrogens with zero attached hydrogens (tertiary/aromatic N) is 3. The zero-order valence-electron chi connectivity index (χ0n) is 15.5. The van der Waals surface area contributed by atoms with Crippen LogP contribution in [0.3, 0.4) is 0 Å². The fourth-order valence-electron chi connectivity index (χ4n) is 3.14. The highest BCUT2D eigenvalue weighted by atomic mass is 14.9. The standard InChI is InChI=1S/C23H18N6/c1-3-17(26-18-7-11-24-12-8-18)4-2-16(1)23-28-21-6-5-20(15-22(21)29-23)27-19-9-13-25-14-10-19/h1-15H,(H,24,26)(H,25,27)(H,28,29). The molecule has 0 bridgehead atoms. The molecule has 29 heavy (non-hydrogen) atoms. The third-order valence-corrected chi connectivity index (χ3v) is 4.58. The summed E-state index contributed by atoms with van der Waals surface area (Å²) in [6.07, 6.45) is 7.06. The van der Waals surface area contributed by atoms with Crippen LogP contribution in [0.4, 0.5) is 22.7 Å². The molecule has 6 nitrogen and oxygen atoms in total. The number of imidazole rings is 1. The molecule has 3 aromatic heterocycles. The van der Waals surface area contributed by atoms with Gasteiger partial charge in [-0.1, -0.05) is 0 Å². The first kappa shape index (κ1) is 16.9. The van der Waals surface area contributed by atoms with Gasteiger partial charge in [-0.05, 0) is 66.7 Å². The second-order valence-electron chi connectivity index (χ2n) is 6.62. The third-order valence-electron chi connectivity index (χ3n) is 4.58. The van der Waals surface area contributed by atoms with Gasteiger partial charge in [0.15, 0.2) is 0 Å². The molecule has 0 amide bonds. The van der Waals surface area contributed by atoms with Crippen molar-refractivity contribution in [3.05, 3.63) is 91.5 Å². The van der Waals surface area contributed by atoms with Gasteiger partial charge in [-0.25, -0.2) is 4.98 Å². The number of benzene rings is 2. The van der Waals surface area contributed by atoms with Crippen molar-refractivity contribution in [3.63, 3.8) is 0 Å². The molecule has 0 saturated carbocycles. The van der Waals surface area contributed by atoms with Gasteiger partial charge in [0.05, 0.1) is 11.0 Å². The van der Waals surface area contributed by atoms with Crippen LogP contribution in [0.5, 0.6) is 0 Å². The van der Waals surface area contributed by atoms with Crippen LogP contribution in [0, 0.1) is 0 Å². The summed E-state index contributed by atoms with van der Waals surface area (Å²) in [6, 6.07) is 22.0. The number of rotatable bonds is 5. The zero-order valence-corrected chi connectivity index (χ0v) is 15.5. The molecule has 0 aliphatic rings. The summed E-state index contributed by atoms with van der Waals surface area (Å²) in [5, 5.41) is 6.73. The smallest absolute Gasteiger partial charge is 0.138 e. The highest BCUT2D eigenvalue weighted by molar-refractivity contribution is 5.83. The fourth-order valence-corrected chi connectivity index (χ4v) is 3.14. The summed E-state index contributed by atoms with van der Waals surface area (Å²) in [5.74, 6) is 0.844. The van der Waals surface area contributed by atoms with Gasteiger partial charge >= 0.3 is 0 Å². The predicted molar refractivity (Wildman–Crippen MR) is 117 cm³/mol. The van der Waals surface area contributed by atoms with Crippen molar-refractivity contribution in [2.24, 2.45) is 0 Å². The lowest BCUT2D eigenvalue weighted by Crippen LogP contribution is -1.90. The Morgan fingerprint density at radius 2 is 1.14 bits per heavy atom. The highest BCUT2D eigenvalue weighted by Gasteiger charge is 2.07. The predicted octanol–water partition coefficient (Wildman–Crippen LogP) is 5.51.